The van der Waals surface area contributed by atoms with Gasteiger partial charge in [-0.3, -0.25) is 14.5 Å². The second-order valence-electron chi connectivity index (χ2n) is 9.24. The largest absolute Gasteiger partial charge is 0.371 e. The normalized spacial score (nSPS) is 19.0. The molecule has 33 heavy (non-hydrogen) atoms. The summed E-state index contributed by atoms with van der Waals surface area (Å²) >= 11 is 0. The lowest BCUT2D eigenvalue weighted by atomic mass is 10.1. The van der Waals surface area contributed by atoms with Gasteiger partial charge in [-0.2, -0.15) is 0 Å². The summed E-state index contributed by atoms with van der Waals surface area (Å²) in [6.45, 7) is 6.17. The molecule has 0 spiro atoms. The summed E-state index contributed by atoms with van der Waals surface area (Å²) in [5.41, 5.74) is 2.55. The first kappa shape index (κ1) is 23.3. The molecule has 1 N–H and O–H groups in total. The van der Waals surface area contributed by atoms with E-state index in [9.17, 15) is 9.59 Å². The number of rotatable bonds is 9. The van der Waals surface area contributed by atoms with E-state index in [-0.39, 0.29) is 11.8 Å². The third-order valence-electron chi connectivity index (χ3n) is 6.79. The highest BCUT2D eigenvalue weighted by Crippen LogP contribution is 2.22. The lowest BCUT2D eigenvalue weighted by Crippen LogP contribution is -2.51. The number of para-hydroxylation sites is 1. The van der Waals surface area contributed by atoms with Gasteiger partial charge in [0.25, 0.3) is 0 Å². The van der Waals surface area contributed by atoms with Crippen LogP contribution in [0.3, 0.4) is 0 Å². The summed E-state index contributed by atoms with van der Waals surface area (Å²) < 4.78 is 0. The Kier molecular flexibility index (Phi) is 8.36. The number of hydrogen-bond donors (Lipinski definition) is 1. The molecule has 2 fully saturated rings. The number of nitrogens with one attached hydrogen (secondary N) is 1. The summed E-state index contributed by atoms with van der Waals surface area (Å²) in [7, 11) is 0. The molecule has 4 rings (SSSR count). The number of carbonyl (C=O) groups is 2. The fraction of sp³-hybridized carbons (Fsp3) is 0.481. The topological polar surface area (TPSA) is 55.9 Å². The van der Waals surface area contributed by atoms with Crippen LogP contribution in [0.15, 0.2) is 60.7 Å². The molecular formula is C27H36N4O2. The molecule has 2 aliphatic heterocycles. The average molecular weight is 449 g/mol. The molecule has 1 atom stereocenters. The zero-order chi connectivity index (χ0) is 22.9. The van der Waals surface area contributed by atoms with E-state index in [4.69, 9.17) is 0 Å². The maximum Gasteiger partial charge on any atom is 0.234 e. The second kappa shape index (κ2) is 11.8. The first-order valence-corrected chi connectivity index (χ1v) is 12.3. The lowest BCUT2D eigenvalue weighted by Gasteiger charge is -2.34. The van der Waals surface area contributed by atoms with Crippen LogP contribution in [0.5, 0.6) is 0 Å². The van der Waals surface area contributed by atoms with Crippen LogP contribution in [0.25, 0.3) is 0 Å². The Morgan fingerprint density at radius 3 is 2.30 bits per heavy atom. The molecule has 2 saturated heterocycles. The molecule has 2 aliphatic rings. The molecule has 0 aliphatic carbocycles. The number of anilines is 1. The molecule has 176 valence electrons. The van der Waals surface area contributed by atoms with Crippen molar-refractivity contribution in [1.29, 1.82) is 0 Å². The molecule has 2 aromatic carbocycles. The van der Waals surface area contributed by atoms with E-state index in [0.717, 1.165) is 52.0 Å². The van der Waals surface area contributed by atoms with Gasteiger partial charge in [-0.25, -0.2) is 0 Å². The fourth-order valence-corrected chi connectivity index (χ4v) is 4.79. The van der Waals surface area contributed by atoms with Crippen LogP contribution in [-0.4, -0.2) is 74.0 Å². The van der Waals surface area contributed by atoms with Gasteiger partial charge in [-0.1, -0.05) is 48.5 Å². The smallest absolute Gasteiger partial charge is 0.234 e. The fourth-order valence-electron chi connectivity index (χ4n) is 4.79. The number of nitrogens with zero attached hydrogens (tertiary/aromatic N) is 3. The predicted octanol–water partition coefficient (Wildman–Crippen LogP) is 2.80. The maximum absolute atomic E-state index is 12.5. The van der Waals surface area contributed by atoms with Crippen molar-refractivity contribution < 1.29 is 9.59 Å². The molecule has 1 unspecified atom stereocenters. The highest BCUT2D eigenvalue weighted by atomic mass is 16.2. The number of amides is 2. The minimum Gasteiger partial charge on any atom is -0.371 e. The number of carbonyl (C=O) groups excluding carboxylic acids is 2. The molecule has 6 nitrogen and oxygen atoms in total. The van der Waals surface area contributed by atoms with Crippen molar-refractivity contribution in [1.82, 2.24) is 15.1 Å². The zero-order valence-electron chi connectivity index (χ0n) is 19.5. The first-order valence-electron chi connectivity index (χ1n) is 12.3. The third-order valence-corrected chi connectivity index (χ3v) is 6.79. The molecule has 0 bridgehead atoms. The Bertz CT molecular complexity index is 882. The Balaban J connectivity index is 1.09. The minimum atomic E-state index is 0.0933. The van der Waals surface area contributed by atoms with E-state index in [1.54, 1.807) is 0 Å². The van der Waals surface area contributed by atoms with Crippen molar-refractivity contribution in [3.8, 4) is 0 Å². The SMILES string of the molecule is O=C(CN1CCN(C(=O)CCCc2ccccc2)CC1)NCC1CCN(c2ccccc2)C1. The highest BCUT2D eigenvalue weighted by molar-refractivity contribution is 5.78. The Hall–Kier alpha value is -2.86. The van der Waals surface area contributed by atoms with E-state index in [1.165, 1.54) is 11.3 Å². The van der Waals surface area contributed by atoms with E-state index < -0.39 is 0 Å². The van der Waals surface area contributed by atoms with Crippen LogP contribution in [0.1, 0.15) is 24.8 Å². The predicted molar refractivity (Wildman–Crippen MR) is 132 cm³/mol. The van der Waals surface area contributed by atoms with Crippen LogP contribution in [0.2, 0.25) is 0 Å². The van der Waals surface area contributed by atoms with Crippen LogP contribution in [0.4, 0.5) is 5.69 Å². The summed E-state index contributed by atoms with van der Waals surface area (Å²) in [5, 5.41) is 3.13. The molecule has 6 heteroatoms. The van der Waals surface area contributed by atoms with Gasteiger partial charge in [0.2, 0.25) is 11.8 Å². The van der Waals surface area contributed by atoms with Gasteiger partial charge in [0.1, 0.15) is 0 Å². The van der Waals surface area contributed by atoms with Crippen LogP contribution in [-0.2, 0) is 16.0 Å². The van der Waals surface area contributed by atoms with Crippen LogP contribution in [0, 0.1) is 5.92 Å². The molecule has 2 heterocycles. The lowest BCUT2D eigenvalue weighted by molar-refractivity contribution is -0.133. The number of aryl methyl sites for hydroxylation is 1. The van der Waals surface area contributed by atoms with Crippen molar-refractivity contribution in [3.63, 3.8) is 0 Å². The summed E-state index contributed by atoms with van der Waals surface area (Å²) in [6.07, 6.45) is 3.53. The highest BCUT2D eigenvalue weighted by Gasteiger charge is 2.25. The van der Waals surface area contributed by atoms with Crippen molar-refractivity contribution in [3.05, 3.63) is 66.2 Å². The Morgan fingerprint density at radius 2 is 1.58 bits per heavy atom. The van der Waals surface area contributed by atoms with Crippen LogP contribution >= 0.6 is 0 Å². The number of hydrogen-bond acceptors (Lipinski definition) is 4. The molecule has 2 amide bonds. The molecule has 2 aromatic rings. The number of piperazine rings is 1. The van der Waals surface area contributed by atoms with E-state index in [0.29, 0.717) is 32.0 Å². The molecule has 0 saturated carbocycles. The van der Waals surface area contributed by atoms with Gasteiger partial charge >= 0.3 is 0 Å². The van der Waals surface area contributed by atoms with E-state index in [1.807, 2.05) is 29.2 Å². The van der Waals surface area contributed by atoms with Gasteiger partial charge in [0.15, 0.2) is 0 Å². The van der Waals surface area contributed by atoms with Crippen molar-refractivity contribution >= 4 is 17.5 Å². The summed E-state index contributed by atoms with van der Waals surface area (Å²) in [6, 6.07) is 20.8. The molecule has 0 radical (unpaired) electrons. The summed E-state index contributed by atoms with van der Waals surface area (Å²) in [5.74, 6) is 0.828. The third kappa shape index (κ3) is 7.06. The Morgan fingerprint density at radius 1 is 0.879 bits per heavy atom. The van der Waals surface area contributed by atoms with Crippen LogP contribution < -0.4 is 10.2 Å². The van der Waals surface area contributed by atoms with Gasteiger partial charge < -0.3 is 15.1 Å². The maximum atomic E-state index is 12.5. The molecule has 0 aromatic heterocycles. The Labute approximate surface area is 197 Å². The van der Waals surface area contributed by atoms with Crippen molar-refractivity contribution in [2.24, 2.45) is 5.92 Å². The average Bonchev–Trinajstić information content (AvgIpc) is 3.34. The van der Waals surface area contributed by atoms with E-state index >= 15 is 0 Å². The van der Waals surface area contributed by atoms with Crippen molar-refractivity contribution in [2.45, 2.75) is 25.7 Å². The minimum absolute atomic E-state index is 0.0933. The number of benzene rings is 2. The van der Waals surface area contributed by atoms with Crippen molar-refractivity contribution in [2.75, 3.05) is 57.3 Å². The van der Waals surface area contributed by atoms with E-state index in [2.05, 4.69) is 51.5 Å². The van der Waals surface area contributed by atoms with Gasteiger partial charge in [0, 0.05) is 57.9 Å². The molecular weight excluding hydrogens is 412 g/mol. The van der Waals surface area contributed by atoms with Gasteiger partial charge in [0.05, 0.1) is 6.54 Å². The zero-order valence-corrected chi connectivity index (χ0v) is 19.5. The van der Waals surface area contributed by atoms with Gasteiger partial charge in [-0.05, 0) is 42.9 Å². The second-order valence-corrected chi connectivity index (χ2v) is 9.24. The first-order chi connectivity index (χ1) is 16.2. The monoisotopic (exact) mass is 448 g/mol. The standard InChI is InChI=1S/C27H36N4O2/c32-26(28-20-24-14-15-31(21-24)25-11-5-2-6-12-25)22-29-16-18-30(19-17-29)27(33)13-7-10-23-8-3-1-4-9-23/h1-6,8-9,11-12,24H,7,10,13-22H2,(H,28,32). The van der Waals surface area contributed by atoms with Gasteiger partial charge in [-0.15, -0.1) is 0 Å². The summed E-state index contributed by atoms with van der Waals surface area (Å²) in [4.78, 5) is 31.5. The quantitative estimate of drug-likeness (QED) is 0.641.